The number of nitrogens with one attached hydrogen (secondary N) is 1. The van der Waals surface area contributed by atoms with Gasteiger partial charge in [-0.1, -0.05) is 13.8 Å². The van der Waals surface area contributed by atoms with Crippen molar-refractivity contribution in [2.75, 3.05) is 43.0 Å². The van der Waals surface area contributed by atoms with Crippen molar-refractivity contribution in [3.05, 3.63) is 12.1 Å². The summed E-state index contributed by atoms with van der Waals surface area (Å²) in [7, 11) is 0. The molecule has 0 radical (unpaired) electrons. The van der Waals surface area contributed by atoms with Crippen molar-refractivity contribution in [1.29, 1.82) is 0 Å². The summed E-state index contributed by atoms with van der Waals surface area (Å²) in [4.78, 5) is 6.49. The first-order chi connectivity index (χ1) is 7.67. The van der Waals surface area contributed by atoms with E-state index in [0.717, 1.165) is 32.0 Å². The second-order valence-corrected chi connectivity index (χ2v) is 3.62. The van der Waals surface area contributed by atoms with Gasteiger partial charge in [-0.25, -0.2) is 4.98 Å². The van der Waals surface area contributed by atoms with Crippen LogP contribution in [0.1, 0.15) is 13.8 Å². The number of hydrogen-bond acceptors (Lipinski definition) is 5. The molecule has 0 spiro atoms. The van der Waals surface area contributed by atoms with Gasteiger partial charge in [-0.3, -0.25) is 0 Å². The number of rotatable bonds is 6. The van der Waals surface area contributed by atoms with Gasteiger partial charge in [0.1, 0.15) is 11.6 Å². The maximum Gasteiger partial charge on any atom is 0.149 e. The second kappa shape index (κ2) is 6.17. The molecule has 1 aromatic heterocycles. The number of nitrogens with zero attached hydrogens (tertiary/aromatic N) is 2. The van der Waals surface area contributed by atoms with E-state index in [4.69, 9.17) is 11.5 Å². The van der Waals surface area contributed by atoms with E-state index >= 15 is 0 Å². The fraction of sp³-hybridized carbons (Fsp3) is 0.545. The van der Waals surface area contributed by atoms with Crippen LogP contribution in [0.2, 0.25) is 0 Å². The molecule has 5 nitrogen and oxygen atoms in total. The van der Waals surface area contributed by atoms with E-state index in [2.05, 4.69) is 29.0 Å². The monoisotopic (exact) mass is 223 g/mol. The van der Waals surface area contributed by atoms with Gasteiger partial charge < -0.3 is 21.7 Å². The molecule has 1 aromatic rings. The average Bonchev–Trinajstić information content (AvgIpc) is 2.29. The molecule has 0 bridgehead atoms. The van der Waals surface area contributed by atoms with Gasteiger partial charge in [-0.2, -0.15) is 0 Å². The number of hydrogen-bond donors (Lipinski definition) is 3. The van der Waals surface area contributed by atoms with Gasteiger partial charge in [0.25, 0.3) is 0 Å². The quantitative estimate of drug-likeness (QED) is 0.670. The smallest absolute Gasteiger partial charge is 0.149 e. The first-order valence-corrected chi connectivity index (χ1v) is 5.65. The SMILES string of the molecule is CCN(CC)CCNc1ccc(N)c(N)n1. The molecule has 0 aliphatic carbocycles. The predicted molar refractivity (Wildman–Crippen MR) is 69.3 cm³/mol. The van der Waals surface area contributed by atoms with Gasteiger partial charge in [0.05, 0.1) is 5.69 Å². The molecule has 0 unspecified atom stereocenters. The summed E-state index contributed by atoms with van der Waals surface area (Å²) in [5, 5.41) is 3.22. The number of nitrogen functional groups attached to an aromatic ring is 2. The van der Waals surface area contributed by atoms with Gasteiger partial charge in [0.15, 0.2) is 0 Å². The zero-order valence-corrected chi connectivity index (χ0v) is 10.0. The van der Waals surface area contributed by atoms with Gasteiger partial charge in [0.2, 0.25) is 0 Å². The van der Waals surface area contributed by atoms with E-state index in [1.165, 1.54) is 0 Å². The summed E-state index contributed by atoms with van der Waals surface area (Å²) in [6.07, 6.45) is 0. The van der Waals surface area contributed by atoms with Crippen molar-refractivity contribution in [1.82, 2.24) is 9.88 Å². The van der Waals surface area contributed by atoms with Crippen LogP contribution in [0.25, 0.3) is 0 Å². The van der Waals surface area contributed by atoms with E-state index in [1.54, 1.807) is 6.07 Å². The third kappa shape index (κ3) is 3.58. The van der Waals surface area contributed by atoms with E-state index in [0.29, 0.717) is 11.5 Å². The fourth-order valence-corrected chi connectivity index (χ4v) is 1.47. The van der Waals surface area contributed by atoms with Gasteiger partial charge in [-0.15, -0.1) is 0 Å². The zero-order valence-electron chi connectivity index (χ0n) is 10.0. The Labute approximate surface area is 96.8 Å². The Bertz CT molecular complexity index is 322. The van der Waals surface area contributed by atoms with E-state index in [1.807, 2.05) is 6.07 Å². The topological polar surface area (TPSA) is 80.2 Å². The average molecular weight is 223 g/mol. The molecular weight excluding hydrogens is 202 g/mol. The Kier molecular flexibility index (Phi) is 4.85. The highest BCUT2D eigenvalue weighted by Gasteiger charge is 2.00. The molecule has 5 N–H and O–H groups in total. The van der Waals surface area contributed by atoms with Crippen molar-refractivity contribution in [2.45, 2.75) is 13.8 Å². The lowest BCUT2D eigenvalue weighted by Crippen LogP contribution is -2.28. The van der Waals surface area contributed by atoms with Crippen molar-refractivity contribution in [3.8, 4) is 0 Å². The Hall–Kier alpha value is -1.49. The van der Waals surface area contributed by atoms with E-state index < -0.39 is 0 Å². The van der Waals surface area contributed by atoms with Crippen molar-refractivity contribution in [3.63, 3.8) is 0 Å². The van der Waals surface area contributed by atoms with Crippen molar-refractivity contribution in [2.24, 2.45) is 0 Å². The molecule has 16 heavy (non-hydrogen) atoms. The standard InChI is InChI=1S/C11H21N5/c1-3-16(4-2)8-7-14-10-6-5-9(12)11(13)15-10/h5-6H,3-4,7-8,12H2,1-2H3,(H3,13,14,15). The molecule has 0 saturated carbocycles. The summed E-state index contributed by atoms with van der Waals surface area (Å²) >= 11 is 0. The van der Waals surface area contributed by atoms with Gasteiger partial charge >= 0.3 is 0 Å². The Morgan fingerprint density at radius 2 is 1.94 bits per heavy atom. The Balaban J connectivity index is 2.40. The van der Waals surface area contributed by atoms with Gasteiger partial charge in [-0.05, 0) is 25.2 Å². The zero-order chi connectivity index (χ0) is 12.0. The van der Waals surface area contributed by atoms with E-state index in [9.17, 15) is 0 Å². The first-order valence-electron chi connectivity index (χ1n) is 5.65. The van der Waals surface area contributed by atoms with Crippen LogP contribution in [0.15, 0.2) is 12.1 Å². The highest BCUT2D eigenvalue weighted by molar-refractivity contribution is 5.61. The fourth-order valence-electron chi connectivity index (χ4n) is 1.47. The number of nitrogens with two attached hydrogens (primary N) is 2. The largest absolute Gasteiger partial charge is 0.396 e. The Morgan fingerprint density at radius 3 is 2.50 bits per heavy atom. The van der Waals surface area contributed by atoms with Gasteiger partial charge in [0, 0.05) is 13.1 Å². The van der Waals surface area contributed by atoms with Crippen LogP contribution in [0.4, 0.5) is 17.3 Å². The highest BCUT2D eigenvalue weighted by Crippen LogP contribution is 2.14. The molecule has 0 amide bonds. The molecule has 5 heteroatoms. The Morgan fingerprint density at radius 1 is 1.25 bits per heavy atom. The van der Waals surface area contributed by atoms with Crippen molar-refractivity contribution < 1.29 is 0 Å². The minimum absolute atomic E-state index is 0.382. The van der Waals surface area contributed by atoms with Crippen molar-refractivity contribution >= 4 is 17.3 Å². The lowest BCUT2D eigenvalue weighted by atomic mass is 10.4. The maximum absolute atomic E-state index is 5.62. The lowest BCUT2D eigenvalue weighted by Gasteiger charge is -2.18. The van der Waals surface area contributed by atoms with Crippen LogP contribution in [0.3, 0.4) is 0 Å². The highest BCUT2D eigenvalue weighted by atomic mass is 15.1. The third-order valence-electron chi connectivity index (χ3n) is 2.59. The third-order valence-corrected chi connectivity index (χ3v) is 2.59. The minimum atomic E-state index is 0.382. The van der Waals surface area contributed by atoms with E-state index in [-0.39, 0.29) is 0 Å². The minimum Gasteiger partial charge on any atom is -0.396 e. The number of anilines is 3. The van der Waals surface area contributed by atoms with Crippen LogP contribution in [0, 0.1) is 0 Å². The molecule has 0 aromatic carbocycles. The number of pyridine rings is 1. The number of aromatic nitrogens is 1. The summed E-state index contributed by atoms with van der Waals surface area (Å²) in [6, 6.07) is 3.61. The summed E-state index contributed by atoms with van der Waals surface area (Å²) in [5.74, 6) is 1.16. The van der Waals surface area contributed by atoms with Crippen LogP contribution in [-0.2, 0) is 0 Å². The second-order valence-electron chi connectivity index (χ2n) is 3.62. The molecular formula is C11H21N5. The molecule has 0 aliphatic heterocycles. The molecule has 0 saturated heterocycles. The summed E-state index contributed by atoms with van der Waals surface area (Å²) < 4.78 is 0. The first kappa shape index (κ1) is 12.6. The molecule has 90 valence electrons. The molecule has 0 fully saturated rings. The predicted octanol–water partition coefficient (Wildman–Crippen LogP) is 1.000. The lowest BCUT2D eigenvalue weighted by molar-refractivity contribution is 0.316. The van der Waals surface area contributed by atoms with Crippen LogP contribution in [-0.4, -0.2) is 36.1 Å². The maximum atomic E-state index is 5.62. The normalized spacial score (nSPS) is 10.7. The molecule has 0 atom stereocenters. The summed E-state index contributed by atoms with van der Waals surface area (Å²) in [5.41, 5.74) is 11.7. The van der Waals surface area contributed by atoms with Crippen LogP contribution in [0.5, 0.6) is 0 Å². The number of likely N-dealkylation sites (N-methyl/N-ethyl adjacent to an activating group) is 1. The molecule has 1 heterocycles. The van der Waals surface area contributed by atoms with Crippen LogP contribution >= 0.6 is 0 Å². The van der Waals surface area contributed by atoms with Crippen LogP contribution < -0.4 is 16.8 Å². The summed E-state index contributed by atoms with van der Waals surface area (Å²) in [6.45, 7) is 8.30. The molecule has 0 aliphatic rings. The molecule has 1 rings (SSSR count).